The molecule has 1 aromatic carbocycles. The minimum Gasteiger partial charge on any atom is -0.497 e. The Morgan fingerprint density at radius 3 is 2.69 bits per heavy atom. The minimum absolute atomic E-state index is 0.0888. The third kappa shape index (κ3) is 3.17. The standard InChI is InChI=1S/C11H12N2O3/c1-13-11(14)7-16-10-4-8(6-12)3-9(5-10)15-2/h3-5H,7H2,1-2H3,(H,13,14). The molecule has 0 aliphatic carbocycles. The Kier molecular flexibility index (Phi) is 4.16. The summed E-state index contributed by atoms with van der Waals surface area (Å²) in [5, 5.41) is 11.2. The highest BCUT2D eigenvalue weighted by atomic mass is 16.5. The largest absolute Gasteiger partial charge is 0.497 e. The fourth-order valence-electron chi connectivity index (χ4n) is 1.06. The van der Waals surface area contributed by atoms with Crippen molar-refractivity contribution in [2.24, 2.45) is 0 Å². The average Bonchev–Trinajstić information content (AvgIpc) is 2.35. The van der Waals surface area contributed by atoms with E-state index >= 15 is 0 Å². The van der Waals surface area contributed by atoms with Crippen molar-refractivity contribution in [2.45, 2.75) is 0 Å². The van der Waals surface area contributed by atoms with Crippen LogP contribution in [-0.2, 0) is 4.79 Å². The highest BCUT2D eigenvalue weighted by Gasteiger charge is 2.04. The summed E-state index contributed by atoms with van der Waals surface area (Å²) in [5.41, 5.74) is 0.422. The zero-order chi connectivity index (χ0) is 12.0. The number of carbonyl (C=O) groups is 1. The van der Waals surface area contributed by atoms with Crippen molar-refractivity contribution in [3.63, 3.8) is 0 Å². The average molecular weight is 220 g/mol. The van der Waals surface area contributed by atoms with Crippen molar-refractivity contribution in [3.05, 3.63) is 23.8 Å². The Morgan fingerprint density at radius 1 is 1.44 bits per heavy atom. The fraction of sp³-hybridized carbons (Fsp3) is 0.273. The molecule has 0 atom stereocenters. The summed E-state index contributed by atoms with van der Waals surface area (Å²) in [6.45, 7) is -0.0888. The quantitative estimate of drug-likeness (QED) is 0.810. The molecule has 0 unspecified atom stereocenters. The van der Waals surface area contributed by atoms with E-state index in [0.717, 1.165) is 0 Å². The predicted molar refractivity (Wildman–Crippen MR) is 57.3 cm³/mol. The van der Waals surface area contributed by atoms with E-state index in [0.29, 0.717) is 17.1 Å². The number of carbonyl (C=O) groups excluding carboxylic acids is 1. The highest BCUT2D eigenvalue weighted by Crippen LogP contribution is 2.22. The van der Waals surface area contributed by atoms with Crippen LogP contribution >= 0.6 is 0 Å². The molecule has 0 aliphatic heterocycles. The van der Waals surface area contributed by atoms with E-state index in [4.69, 9.17) is 14.7 Å². The topological polar surface area (TPSA) is 71.3 Å². The summed E-state index contributed by atoms with van der Waals surface area (Å²) in [6.07, 6.45) is 0. The number of nitrogens with one attached hydrogen (secondary N) is 1. The first-order chi connectivity index (χ1) is 7.69. The van der Waals surface area contributed by atoms with E-state index in [2.05, 4.69) is 5.32 Å². The highest BCUT2D eigenvalue weighted by molar-refractivity contribution is 5.77. The Hall–Kier alpha value is -2.22. The smallest absolute Gasteiger partial charge is 0.257 e. The summed E-state index contributed by atoms with van der Waals surface area (Å²) in [5.74, 6) is 0.715. The fourth-order valence-corrected chi connectivity index (χ4v) is 1.06. The van der Waals surface area contributed by atoms with Crippen LogP contribution in [0.1, 0.15) is 5.56 Å². The summed E-state index contributed by atoms with van der Waals surface area (Å²) in [4.78, 5) is 11.0. The number of likely N-dealkylation sites (N-methyl/N-ethyl adjacent to an activating group) is 1. The number of hydrogen-bond acceptors (Lipinski definition) is 4. The van der Waals surface area contributed by atoms with Crippen molar-refractivity contribution < 1.29 is 14.3 Å². The van der Waals surface area contributed by atoms with Gasteiger partial charge in [0.1, 0.15) is 11.5 Å². The van der Waals surface area contributed by atoms with Gasteiger partial charge in [0, 0.05) is 13.1 Å². The van der Waals surface area contributed by atoms with Gasteiger partial charge in [0.2, 0.25) is 0 Å². The molecule has 1 rings (SSSR count). The van der Waals surface area contributed by atoms with Crippen LogP contribution in [-0.4, -0.2) is 26.7 Å². The zero-order valence-electron chi connectivity index (χ0n) is 9.11. The van der Waals surface area contributed by atoms with Crippen LogP contribution in [0, 0.1) is 11.3 Å². The molecule has 1 N–H and O–H groups in total. The predicted octanol–water partition coefficient (Wildman–Crippen LogP) is 0.692. The second-order valence-electron chi connectivity index (χ2n) is 2.97. The van der Waals surface area contributed by atoms with E-state index in [1.807, 2.05) is 6.07 Å². The van der Waals surface area contributed by atoms with Gasteiger partial charge in [0.15, 0.2) is 6.61 Å². The summed E-state index contributed by atoms with van der Waals surface area (Å²) < 4.78 is 10.2. The normalized spacial score (nSPS) is 9.06. The van der Waals surface area contributed by atoms with Crippen LogP contribution in [0.3, 0.4) is 0 Å². The van der Waals surface area contributed by atoms with Gasteiger partial charge in [-0.05, 0) is 12.1 Å². The second kappa shape index (κ2) is 5.61. The van der Waals surface area contributed by atoms with Crippen LogP contribution in [0.25, 0.3) is 0 Å². The van der Waals surface area contributed by atoms with Crippen LogP contribution in [0.2, 0.25) is 0 Å². The molecule has 0 fully saturated rings. The molecule has 5 nitrogen and oxygen atoms in total. The van der Waals surface area contributed by atoms with Gasteiger partial charge in [-0.1, -0.05) is 0 Å². The maximum atomic E-state index is 11.0. The Morgan fingerprint density at radius 2 is 2.12 bits per heavy atom. The first-order valence-electron chi connectivity index (χ1n) is 4.62. The Bertz CT molecular complexity index is 424. The number of ether oxygens (including phenoxy) is 2. The molecule has 1 aromatic rings. The van der Waals surface area contributed by atoms with E-state index < -0.39 is 0 Å². The number of nitriles is 1. The van der Waals surface area contributed by atoms with E-state index in [9.17, 15) is 4.79 Å². The van der Waals surface area contributed by atoms with E-state index in [1.54, 1.807) is 18.2 Å². The maximum absolute atomic E-state index is 11.0. The lowest BCUT2D eigenvalue weighted by molar-refractivity contribution is -0.122. The summed E-state index contributed by atoms with van der Waals surface area (Å²) >= 11 is 0. The van der Waals surface area contributed by atoms with Crippen LogP contribution in [0.5, 0.6) is 11.5 Å². The molecular formula is C11H12N2O3. The lowest BCUT2D eigenvalue weighted by atomic mass is 10.2. The van der Waals surface area contributed by atoms with Crippen molar-refractivity contribution in [2.75, 3.05) is 20.8 Å². The van der Waals surface area contributed by atoms with Crippen LogP contribution in [0.4, 0.5) is 0 Å². The van der Waals surface area contributed by atoms with E-state index in [1.165, 1.54) is 14.2 Å². The molecule has 16 heavy (non-hydrogen) atoms. The molecular weight excluding hydrogens is 208 g/mol. The zero-order valence-corrected chi connectivity index (χ0v) is 9.11. The lowest BCUT2D eigenvalue weighted by Gasteiger charge is -2.07. The molecule has 0 spiro atoms. The molecule has 0 radical (unpaired) electrons. The van der Waals surface area contributed by atoms with E-state index in [-0.39, 0.29) is 12.5 Å². The molecule has 0 saturated heterocycles. The number of rotatable bonds is 4. The van der Waals surface area contributed by atoms with Crippen molar-refractivity contribution in [1.82, 2.24) is 5.32 Å². The number of amides is 1. The van der Waals surface area contributed by atoms with Gasteiger partial charge >= 0.3 is 0 Å². The minimum atomic E-state index is -0.235. The molecule has 0 bridgehead atoms. The van der Waals surface area contributed by atoms with Gasteiger partial charge in [-0.3, -0.25) is 4.79 Å². The Labute approximate surface area is 93.6 Å². The third-order valence-electron chi connectivity index (χ3n) is 1.89. The van der Waals surface area contributed by atoms with Crippen molar-refractivity contribution in [3.8, 4) is 17.6 Å². The first-order valence-corrected chi connectivity index (χ1v) is 4.62. The van der Waals surface area contributed by atoms with Gasteiger partial charge < -0.3 is 14.8 Å². The summed E-state index contributed by atoms with van der Waals surface area (Å²) in [7, 11) is 3.02. The molecule has 0 heterocycles. The lowest BCUT2D eigenvalue weighted by Crippen LogP contribution is -2.24. The number of methoxy groups -OCH3 is 1. The molecule has 0 aliphatic rings. The van der Waals surface area contributed by atoms with Gasteiger partial charge in [-0.2, -0.15) is 5.26 Å². The van der Waals surface area contributed by atoms with Crippen LogP contribution in [0.15, 0.2) is 18.2 Å². The molecule has 1 amide bonds. The van der Waals surface area contributed by atoms with Crippen molar-refractivity contribution in [1.29, 1.82) is 5.26 Å². The molecule has 5 heteroatoms. The number of benzene rings is 1. The SMILES string of the molecule is CNC(=O)COc1cc(C#N)cc(OC)c1. The third-order valence-corrected chi connectivity index (χ3v) is 1.89. The molecule has 0 saturated carbocycles. The van der Waals surface area contributed by atoms with Gasteiger partial charge in [0.05, 0.1) is 18.7 Å². The second-order valence-corrected chi connectivity index (χ2v) is 2.97. The first kappa shape index (κ1) is 11.9. The molecule has 0 aromatic heterocycles. The summed E-state index contributed by atoms with van der Waals surface area (Å²) in [6, 6.07) is 6.74. The van der Waals surface area contributed by atoms with Gasteiger partial charge in [0.25, 0.3) is 5.91 Å². The van der Waals surface area contributed by atoms with Crippen molar-refractivity contribution >= 4 is 5.91 Å². The van der Waals surface area contributed by atoms with Gasteiger partial charge in [-0.15, -0.1) is 0 Å². The maximum Gasteiger partial charge on any atom is 0.257 e. The Balaban J connectivity index is 2.80. The molecule has 84 valence electrons. The van der Waals surface area contributed by atoms with Crippen LogP contribution < -0.4 is 14.8 Å². The monoisotopic (exact) mass is 220 g/mol. The van der Waals surface area contributed by atoms with Gasteiger partial charge in [-0.25, -0.2) is 0 Å². The number of nitrogens with zero attached hydrogens (tertiary/aromatic N) is 1. The number of hydrogen-bond donors (Lipinski definition) is 1.